The van der Waals surface area contributed by atoms with Gasteiger partial charge in [-0.15, -0.1) is 23.5 Å². The van der Waals surface area contributed by atoms with E-state index in [0.29, 0.717) is 0 Å². The molecular weight excluding hydrogens is 304 g/mol. The Balaban J connectivity index is 1.84. The lowest BCUT2D eigenvalue weighted by atomic mass is 10.0. The van der Waals surface area contributed by atoms with Gasteiger partial charge in [-0.1, -0.05) is 48.5 Å². The van der Waals surface area contributed by atoms with Crippen LogP contribution in [0.1, 0.15) is 0 Å². The highest BCUT2D eigenvalue weighted by Gasteiger charge is 2.01. The molecule has 0 saturated carbocycles. The summed E-state index contributed by atoms with van der Waals surface area (Å²) in [6, 6.07) is 26.3. The first-order valence-corrected chi connectivity index (χ1v) is 9.64. The lowest BCUT2D eigenvalue weighted by Gasteiger charge is -2.06. The lowest BCUT2D eigenvalue weighted by molar-refractivity contribution is 1.45. The highest BCUT2D eigenvalue weighted by Crippen LogP contribution is 2.27. The van der Waals surface area contributed by atoms with E-state index in [4.69, 9.17) is 0 Å². The average molecular weight is 322 g/mol. The van der Waals surface area contributed by atoms with E-state index in [1.54, 1.807) is 23.5 Å². The van der Waals surface area contributed by atoms with Gasteiger partial charge in [-0.3, -0.25) is 0 Å². The summed E-state index contributed by atoms with van der Waals surface area (Å²) in [7, 11) is 0. The first-order chi connectivity index (χ1) is 10.8. The molecule has 0 aliphatic rings. The van der Waals surface area contributed by atoms with E-state index in [0.717, 1.165) is 0 Å². The van der Waals surface area contributed by atoms with Crippen LogP contribution >= 0.6 is 23.5 Å². The molecule has 0 aliphatic heterocycles. The second-order valence-corrected chi connectivity index (χ2v) is 6.79. The fraction of sp³-hybridized carbons (Fsp3) is 0.100. The second-order valence-electron chi connectivity index (χ2n) is 5.03. The van der Waals surface area contributed by atoms with Gasteiger partial charge in [-0.2, -0.15) is 0 Å². The summed E-state index contributed by atoms with van der Waals surface area (Å²) in [6.45, 7) is 0. The Bertz CT molecular complexity index is 660. The van der Waals surface area contributed by atoms with Gasteiger partial charge in [-0.25, -0.2) is 0 Å². The van der Waals surface area contributed by atoms with E-state index in [1.165, 1.54) is 32.0 Å². The molecule has 0 spiro atoms. The lowest BCUT2D eigenvalue weighted by Crippen LogP contribution is -1.81. The zero-order valence-electron chi connectivity index (χ0n) is 12.7. The van der Waals surface area contributed by atoms with Crippen LogP contribution in [0.15, 0.2) is 82.6 Å². The third kappa shape index (κ3) is 3.40. The highest BCUT2D eigenvalue weighted by atomic mass is 32.2. The van der Waals surface area contributed by atoms with Crippen molar-refractivity contribution in [3.8, 4) is 22.3 Å². The Morgan fingerprint density at radius 1 is 0.409 bits per heavy atom. The largest absolute Gasteiger partial charge is 0.130 e. The molecule has 0 nitrogen and oxygen atoms in total. The molecule has 2 heteroatoms. The minimum atomic E-state index is 1.26. The first-order valence-electron chi connectivity index (χ1n) is 7.19. The second kappa shape index (κ2) is 7.08. The summed E-state index contributed by atoms with van der Waals surface area (Å²) >= 11 is 3.55. The van der Waals surface area contributed by atoms with Gasteiger partial charge in [0.2, 0.25) is 0 Å². The van der Waals surface area contributed by atoms with Crippen LogP contribution in [0.2, 0.25) is 0 Å². The van der Waals surface area contributed by atoms with Crippen molar-refractivity contribution in [2.45, 2.75) is 9.79 Å². The minimum absolute atomic E-state index is 1.26. The molecule has 0 amide bonds. The Kier molecular flexibility index (Phi) is 4.91. The average Bonchev–Trinajstić information content (AvgIpc) is 2.62. The molecule has 3 aromatic rings. The van der Waals surface area contributed by atoms with Gasteiger partial charge in [-0.05, 0) is 59.0 Å². The van der Waals surface area contributed by atoms with Crippen LogP contribution in [-0.2, 0) is 0 Å². The van der Waals surface area contributed by atoms with Gasteiger partial charge in [0.15, 0.2) is 0 Å². The van der Waals surface area contributed by atoms with Crippen LogP contribution in [0.25, 0.3) is 22.3 Å². The molecular formula is C20H18S2. The van der Waals surface area contributed by atoms with Crippen LogP contribution in [-0.4, -0.2) is 12.5 Å². The minimum Gasteiger partial charge on any atom is -0.130 e. The van der Waals surface area contributed by atoms with E-state index >= 15 is 0 Å². The summed E-state index contributed by atoms with van der Waals surface area (Å²) in [5.74, 6) is 0. The van der Waals surface area contributed by atoms with Crippen molar-refractivity contribution in [2.24, 2.45) is 0 Å². The van der Waals surface area contributed by atoms with E-state index in [2.05, 4.69) is 85.3 Å². The van der Waals surface area contributed by atoms with E-state index in [-0.39, 0.29) is 0 Å². The van der Waals surface area contributed by atoms with Crippen LogP contribution in [0, 0.1) is 0 Å². The smallest absolute Gasteiger partial charge is 0.00695 e. The Morgan fingerprint density at radius 2 is 0.636 bits per heavy atom. The third-order valence-corrected chi connectivity index (χ3v) is 5.22. The van der Waals surface area contributed by atoms with Crippen molar-refractivity contribution in [1.29, 1.82) is 0 Å². The number of hydrogen-bond donors (Lipinski definition) is 0. The molecule has 0 unspecified atom stereocenters. The topological polar surface area (TPSA) is 0 Å². The van der Waals surface area contributed by atoms with Crippen molar-refractivity contribution < 1.29 is 0 Å². The van der Waals surface area contributed by atoms with Crippen LogP contribution in [0.5, 0.6) is 0 Å². The molecule has 0 bridgehead atoms. The molecule has 22 heavy (non-hydrogen) atoms. The Labute approximate surface area is 141 Å². The maximum atomic E-state index is 2.20. The fourth-order valence-corrected chi connectivity index (χ4v) is 3.24. The number of hydrogen-bond acceptors (Lipinski definition) is 2. The molecule has 0 radical (unpaired) electrons. The zero-order valence-corrected chi connectivity index (χ0v) is 14.4. The van der Waals surface area contributed by atoms with E-state index in [1.807, 2.05) is 0 Å². The Morgan fingerprint density at radius 3 is 0.864 bits per heavy atom. The van der Waals surface area contributed by atoms with Crippen LogP contribution in [0.4, 0.5) is 0 Å². The Hall–Kier alpha value is -1.64. The predicted octanol–water partition coefficient (Wildman–Crippen LogP) is 6.46. The summed E-state index contributed by atoms with van der Waals surface area (Å²) < 4.78 is 0. The van der Waals surface area contributed by atoms with E-state index < -0.39 is 0 Å². The molecule has 0 saturated heterocycles. The summed E-state index contributed by atoms with van der Waals surface area (Å²) in [6.07, 6.45) is 4.21. The maximum Gasteiger partial charge on any atom is 0.00695 e. The molecule has 0 heterocycles. The number of rotatable bonds is 4. The van der Waals surface area contributed by atoms with Gasteiger partial charge in [0, 0.05) is 9.79 Å². The summed E-state index contributed by atoms with van der Waals surface area (Å²) in [4.78, 5) is 2.60. The van der Waals surface area contributed by atoms with Gasteiger partial charge >= 0.3 is 0 Å². The van der Waals surface area contributed by atoms with E-state index in [9.17, 15) is 0 Å². The summed E-state index contributed by atoms with van der Waals surface area (Å²) in [5, 5.41) is 0. The monoisotopic (exact) mass is 322 g/mol. The van der Waals surface area contributed by atoms with Gasteiger partial charge in [0.05, 0.1) is 0 Å². The molecule has 0 aliphatic carbocycles. The zero-order chi connectivity index (χ0) is 15.4. The van der Waals surface area contributed by atoms with Crippen LogP contribution in [0.3, 0.4) is 0 Å². The molecule has 0 atom stereocenters. The van der Waals surface area contributed by atoms with Crippen molar-refractivity contribution in [3.63, 3.8) is 0 Å². The van der Waals surface area contributed by atoms with Gasteiger partial charge in [0.1, 0.15) is 0 Å². The van der Waals surface area contributed by atoms with Gasteiger partial charge < -0.3 is 0 Å². The normalized spacial score (nSPS) is 10.6. The third-order valence-electron chi connectivity index (χ3n) is 3.73. The maximum absolute atomic E-state index is 2.20. The SMILES string of the molecule is CSc1ccc(-c2ccc(-c3ccc(SC)cc3)cc2)cc1. The molecule has 0 fully saturated rings. The molecule has 0 aromatic heterocycles. The molecule has 3 aromatic carbocycles. The van der Waals surface area contributed by atoms with Crippen molar-refractivity contribution in [1.82, 2.24) is 0 Å². The molecule has 110 valence electrons. The highest BCUT2D eigenvalue weighted by molar-refractivity contribution is 7.98. The quantitative estimate of drug-likeness (QED) is 0.505. The molecule has 0 N–H and O–H groups in total. The number of thioether (sulfide) groups is 2. The first kappa shape index (κ1) is 15.3. The standard InChI is InChI=1S/C20H18S2/c1-21-19-11-7-17(8-12-19)15-3-5-16(6-4-15)18-9-13-20(22-2)14-10-18/h3-14H,1-2H3. The predicted molar refractivity (Wildman–Crippen MR) is 101 cm³/mol. The molecule has 3 rings (SSSR count). The fourth-order valence-electron chi connectivity index (χ4n) is 2.42. The van der Waals surface area contributed by atoms with Gasteiger partial charge in [0.25, 0.3) is 0 Å². The van der Waals surface area contributed by atoms with Crippen molar-refractivity contribution in [3.05, 3.63) is 72.8 Å². The number of benzene rings is 3. The summed E-state index contributed by atoms with van der Waals surface area (Å²) in [5.41, 5.74) is 5.05. The van der Waals surface area contributed by atoms with Crippen LogP contribution < -0.4 is 0 Å². The van der Waals surface area contributed by atoms with Crippen molar-refractivity contribution in [2.75, 3.05) is 12.5 Å². The van der Waals surface area contributed by atoms with Crippen molar-refractivity contribution >= 4 is 23.5 Å².